The standard InChI is InChI=1S/C6H6F4O2/c7-5(8)2-3(1-4(11)12)6(5,9)10/h3H,1-2H2,(H,11,12)/p-1/t3-/m0/s1. The van der Waals surface area contributed by atoms with E-state index < -0.39 is 36.6 Å². The minimum absolute atomic E-state index is 1.01. The average Bonchev–Trinajstić information content (AvgIpc) is 1.85. The Morgan fingerprint density at radius 3 is 2.17 bits per heavy atom. The van der Waals surface area contributed by atoms with Crippen molar-refractivity contribution < 1.29 is 27.5 Å². The summed E-state index contributed by atoms with van der Waals surface area (Å²) < 4.78 is 48.7. The van der Waals surface area contributed by atoms with Gasteiger partial charge < -0.3 is 9.90 Å². The van der Waals surface area contributed by atoms with Crippen molar-refractivity contribution in [2.24, 2.45) is 5.92 Å². The van der Waals surface area contributed by atoms with Crippen molar-refractivity contribution in [2.75, 3.05) is 0 Å². The number of alkyl halides is 4. The Morgan fingerprint density at radius 2 is 1.92 bits per heavy atom. The monoisotopic (exact) mass is 185 g/mol. The first-order valence-corrected chi connectivity index (χ1v) is 3.23. The van der Waals surface area contributed by atoms with E-state index in [-0.39, 0.29) is 0 Å². The SMILES string of the molecule is O=C([O-])C[C@H]1CC(F)(F)C1(F)F. The van der Waals surface area contributed by atoms with Crippen LogP contribution in [-0.4, -0.2) is 17.8 Å². The summed E-state index contributed by atoms with van der Waals surface area (Å²) >= 11 is 0. The molecule has 1 aliphatic carbocycles. The molecule has 0 radical (unpaired) electrons. The van der Waals surface area contributed by atoms with Crippen LogP contribution < -0.4 is 5.11 Å². The van der Waals surface area contributed by atoms with E-state index in [0.29, 0.717) is 0 Å². The van der Waals surface area contributed by atoms with E-state index in [9.17, 15) is 27.5 Å². The fourth-order valence-corrected chi connectivity index (χ4v) is 1.14. The summed E-state index contributed by atoms with van der Waals surface area (Å²) in [6, 6.07) is 0. The minimum atomic E-state index is -4.19. The third-order valence-electron chi connectivity index (χ3n) is 1.92. The first kappa shape index (κ1) is 9.28. The van der Waals surface area contributed by atoms with Gasteiger partial charge in [-0.1, -0.05) is 0 Å². The molecule has 0 aromatic carbocycles. The molecule has 0 N–H and O–H groups in total. The molecule has 1 saturated carbocycles. The van der Waals surface area contributed by atoms with Crippen LogP contribution in [0.3, 0.4) is 0 Å². The Morgan fingerprint density at radius 1 is 1.42 bits per heavy atom. The maximum absolute atomic E-state index is 12.3. The maximum atomic E-state index is 12.3. The van der Waals surface area contributed by atoms with Gasteiger partial charge in [-0.25, -0.2) is 0 Å². The van der Waals surface area contributed by atoms with Gasteiger partial charge in [-0.05, 0) is 6.42 Å². The van der Waals surface area contributed by atoms with E-state index in [1.807, 2.05) is 0 Å². The highest BCUT2D eigenvalue weighted by molar-refractivity contribution is 5.65. The zero-order valence-electron chi connectivity index (χ0n) is 5.82. The zero-order chi connectivity index (χ0) is 9.57. The van der Waals surface area contributed by atoms with Gasteiger partial charge >= 0.3 is 11.8 Å². The Bertz CT molecular complexity index is 214. The Balaban J connectivity index is 2.60. The van der Waals surface area contributed by atoms with Crippen LogP contribution in [0.2, 0.25) is 0 Å². The number of rotatable bonds is 2. The van der Waals surface area contributed by atoms with Gasteiger partial charge in [-0.3, -0.25) is 0 Å². The molecule has 0 aliphatic heterocycles. The molecular formula is C6H5F4O2-. The zero-order valence-corrected chi connectivity index (χ0v) is 5.82. The van der Waals surface area contributed by atoms with E-state index in [4.69, 9.17) is 0 Å². The molecule has 1 aliphatic rings. The van der Waals surface area contributed by atoms with Gasteiger partial charge in [0.15, 0.2) is 0 Å². The summed E-state index contributed by atoms with van der Waals surface area (Å²) in [4.78, 5) is 9.81. The Kier molecular flexibility index (Phi) is 1.81. The second-order valence-electron chi connectivity index (χ2n) is 2.80. The van der Waals surface area contributed by atoms with Gasteiger partial charge in [0.2, 0.25) is 0 Å². The van der Waals surface area contributed by atoms with Gasteiger partial charge in [0, 0.05) is 18.3 Å². The Labute approximate surface area is 65.2 Å². The molecule has 0 spiro atoms. The summed E-state index contributed by atoms with van der Waals surface area (Å²) in [6.07, 6.45) is -2.09. The topological polar surface area (TPSA) is 40.1 Å². The maximum Gasteiger partial charge on any atom is 0.313 e. The summed E-state index contributed by atoms with van der Waals surface area (Å²) in [5, 5.41) is 9.81. The van der Waals surface area contributed by atoms with Crippen molar-refractivity contribution in [1.82, 2.24) is 0 Å². The number of carbonyl (C=O) groups excluding carboxylic acids is 1. The minimum Gasteiger partial charge on any atom is -0.550 e. The molecular weight excluding hydrogens is 180 g/mol. The molecule has 0 aromatic rings. The van der Waals surface area contributed by atoms with E-state index >= 15 is 0 Å². The first-order valence-electron chi connectivity index (χ1n) is 3.23. The van der Waals surface area contributed by atoms with E-state index in [0.717, 1.165) is 0 Å². The van der Waals surface area contributed by atoms with Crippen LogP contribution in [-0.2, 0) is 4.79 Å². The van der Waals surface area contributed by atoms with Crippen LogP contribution in [0.25, 0.3) is 0 Å². The molecule has 0 aromatic heterocycles. The number of carbonyl (C=O) groups is 1. The van der Waals surface area contributed by atoms with Crippen molar-refractivity contribution >= 4 is 5.97 Å². The summed E-state index contributed by atoms with van der Waals surface area (Å²) in [5.41, 5.74) is 0. The number of carboxylic acids is 1. The van der Waals surface area contributed by atoms with Gasteiger partial charge in [-0.15, -0.1) is 0 Å². The lowest BCUT2D eigenvalue weighted by Crippen LogP contribution is -2.59. The fourth-order valence-electron chi connectivity index (χ4n) is 1.14. The lowest BCUT2D eigenvalue weighted by Gasteiger charge is -2.43. The highest BCUT2D eigenvalue weighted by atomic mass is 19.3. The van der Waals surface area contributed by atoms with Gasteiger partial charge in [0.05, 0.1) is 0 Å². The van der Waals surface area contributed by atoms with Crippen LogP contribution in [0.1, 0.15) is 12.8 Å². The molecule has 0 unspecified atom stereocenters. The van der Waals surface area contributed by atoms with Crippen LogP contribution >= 0.6 is 0 Å². The highest BCUT2D eigenvalue weighted by Gasteiger charge is 2.71. The fraction of sp³-hybridized carbons (Fsp3) is 0.833. The van der Waals surface area contributed by atoms with Gasteiger partial charge in [0.25, 0.3) is 0 Å². The number of carboxylic acid groups (broad SMARTS) is 1. The smallest absolute Gasteiger partial charge is 0.313 e. The molecule has 6 heteroatoms. The summed E-state index contributed by atoms with van der Waals surface area (Å²) in [7, 11) is 0. The molecule has 1 atom stereocenters. The molecule has 2 nitrogen and oxygen atoms in total. The predicted octanol–water partition coefficient (Wildman–Crippen LogP) is 0.417. The quantitative estimate of drug-likeness (QED) is 0.585. The second-order valence-corrected chi connectivity index (χ2v) is 2.80. The largest absolute Gasteiger partial charge is 0.550 e. The van der Waals surface area contributed by atoms with Crippen molar-refractivity contribution in [1.29, 1.82) is 0 Å². The molecule has 1 fully saturated rings. The molecule has 0 saturated heterocycles. The van der Waals surface area contributed by atoms with Crippen LogP contribution in [0.5, 0.6) is 0 Å². The molecule has 0 heterocycles. The normalized spacial score (nSPS) is 30.8. The van der Waals surface area contributed by atoms with E-state index in [2.05, 4.69) is 0 Å². The number of hydrogen-bond acceptors (Lipinski definition) is 2. The third-order valence-corrected chi connectivity index (χ3v) is 1.92. The molecule has 12 heavy (non-hydrogen) atoms. The van der Waals surface area contributed by atoms with Crippen molar-refractivity contribution in [3.05, 3.63) is 0 Å². The highest BCUT2D eigenvalue weighted by Crippen LogP contribution is 2.56. The van der Waals surface area contributed by atoms with Crippen molar-refractivity contribution in [3.63, 3.8) is 0 Å². The summed E-state index contributed by atoms with van der Waals surface area (Å²) in [6.45, 7) is 0. The number of hydrogen-bond donors (Lipinski definition) is 0. The first-order chi connectivity index (χ1) is 5.27. The molecule has 70 valence electrons. The van der Waals surface area contributed by atoms with Gasteiger partial charge in [0.1, 0.15) is 0 Å². The summed E-state index contributed by atoms with van der Waals surface area (Å²) in [5.74, 6) is -11.7. The van der Waals surface area contributed by atoms with Crippen LogP contribution in [0.15, 0.2) is 0 Å². The third kappa shape index (κ3) is 1.15. The van der Waals surface area contributed by atoms with E-state index in [1.54, 1.807) is 0 Å². The lowest BCUT2D eigenvalue weighted by atomic mass is 9.75. The van der Waals surface area contributed by atoms with E-state index in [1.165, 1.54) is 0 Å². The van der Waals surface area contributed by atoms with Crippen molar-refractivity contribution in [2.45, 2.75) is 24.7 Å². The van der Waals surface area contributed by atoms with Crippen LogP contribution in [0.4, 0.5) is 17.6 Å². The molecule has 0 bridgehead atoms. The van der Waals surface area contributed by atoms with Crippen LogP contribution in [0, 0.1) is 5.92 Å². The predicted molar refractivity (Wildman–Crippen MR) is 27.6 cm³/mol. The lowest BCUT2D eigenvalue weighted by molar-refractivity contribution is -0.334. The number of aliphatic carboxylic acids is 1. The number of halogens is 4. The average molecular weight is 185 g/mol. The second kappa shape index (κ2) is 2.34. The van der Waals surface area contributed by atoms with Crippen molar-refractivity contribution in [3.8, 4) is 0 Å². The molecule has 0 amide bonds. The Hall–Kier alpha value is -0.810. The van der Waals surface area contributed by atoms with Gasteiger partial charge in [-0.2, -0.15) is 17.6 Å². The molecule has 1 rings (SSSR count).